The zero-order valence-corrected chi connectivity index (χ0v) is 21.7. The van der Waals surface area contributed by atoms with Gasteiger partial charge in [-0.1, -0.05) is 12.5 Å². The molecule has 200 valence electrons. The molecule has 4 rings (SSSR count). The van der Waals surface area contributed by atoms with Crippen molar-refractivity contribution < 1.29 is 48.0 Å². The van der Waals surface area contributed by atoms with Crippen LogP contribution in [0.3, 0.4) is 0 Å². The molecular formula is C26H36O10. The molecule has 9 atom stereocenters. The van der Waals surface area contributed by atoms with Gasteiger partial charge in [-0.25, -0.2) is 0 Å². The Hall–Kier alpha value is -2.46. The molecule has 1 saturated carbocycles. The number of hydrogen-bond acceptors (Lipinski definition) is 10. The summed E-state index contributed by atoms with van der Waals surface area (Å²) in [5.74, 6) is -4.10. The predicted octanol–water partition coefficient (Wildman–Crippen LogP) is 2.00. The van der Waals surface area contributed by atoms with Gasteiger partial charge in [0.2, 0.25) is 0 Å². The first-order valence-corrected chi connectivity index (χ1v) is 12.5. The number of esters is 4. The Bertz CT molecular complexity index is 983. The smallest absolute Gasteiger partial charge is 0.312 e. The first kappa shape index (κ1) is 26.6. The molecule has 3 fully saturated rings. The lowest BCUT2D eigenvalue weighted by Gasteiger charge is -2.56. The van der Waals surface area contributed by atoms with E-state index in [1.807, 2.05) is 13.8 Å². The molecule has 10 nitrogen and oxygen atoms in total. The van der Waals surface area contributed by atoms with Gasteiger partial charge in [-0.15, -0.1) is 0 Å². The van der Waals surface area contributed by atoms with Crippen molar-refractivity contribution in [2.45, 2.75) is 103 Å². The van der Waals surface area contributed by atoms with E-state index in [9.17, 15) is 24.3 Å². The van der Waals surface area contributed by atoms with Crippen LogP contribution in [0.2, 0.25) is 0 Å². The maximum absolute atomic E-state index is 12.8. The van der Waals surface area contributed by atoms with Crippen molar-refractivity contribution in [2.24, 2.45) is 17.3 Å². The predicted molar refractivity (Wildman–Crippen MR) is 123 cm³/mol. The minimum absolute atomic E-state index is 0.323. The van der Waals surface area contributed by atoms with Gasteiger partial charge in [0.05, 0.1) is 23.5 Å². The van der Waals surface area contributed by atoms with Crippen molar-refractivity contribution in [3.05, 3.63) is 11.6 Å². The summed E-state index contributed by atoms with van der Waals surface area (Å²) < 4.78 is 29.2. The highest BCUT2D eigenvalue weighted by atomic mass is 16.6. The molecular weight excluding hydrogens is 472 g/mol. The second-order valence-electron chi connectivity index (χ2n) is 11.0. The van der Waals surface area contributed by atoms with Gasteiger partial charge in [-0.05, 0) is 45.6 Å². The van der Waals surface area contributed by atoms with Crippen molar-refractivity contribution in [1.82, 2.24) is 0 Å². The SMILES string of the molecule is CC(=O)OC1[C@H]2[C@]3(CC[C@H](OC(C)=O)[C@@]2(C)[C@@H](OC(C)=O)CC/C(C)=C\[C@@H]2OC(=O)[C@H](C)[C@]12O)CO3. The molecule has 36 heavy (non-hydrogen) atoms. The second-order valence-corrected chi connectivity index (χ2v) is 11.0. The van der Waals surface area contributed by atoms with Gasteiger partial charge in [0.25, 0.3) is 0 Å². The third-order valence-electron chi connectivity index (χ3n) is 8.62. The number of epoxide rings is 1. The number of hydrogen-bond donors (Lipinski definition) is 1. The first-order chi connectivity index (χ1) is 16.8. The minimum Gasteiger partial charge on any atom is -0.462 e. The van der Waals surface area contributed by atoms with E-state index >= 15 is 0 Å². The molecule has 0 radical (unpaired) electrons. The molecule has 0 aromatic heterocycles. The molecule has 0 bridgehead atoms. The summed E-state index contributed by atoms with van der Waals surface area (Å²) in [4.78, 5) is 49.8. The Balaban J connectivity index is 2.00. The van der Waals surface area contributed by atoms with E-state index in [4.69, 9.17) is 23.7 Å². The fourth-order valence-corrected chi connectivity index (χ4v) is 6.76. The third-order valence-corrected chi connectivity index (χ3v) is 8.62. The number of ether oxygens (including phenoxy) is 5. The minimum atomic E-state index is -1.94. The van der Waals surface area contributed by atoms with Crippen LogP contribution in [0, 0.1) is 17.3 Å². The molecule has 0 amide bonds. The Morgan fingerprint density at radius 2 is 1.58 bits per heavy atom. The van der Waals surface area contributed by atoms with Gasteiger partial charge in [-0.2, -0.15) is 0 Å². The average molecular weight is 509 g/mol. The van der Waals surface area contributed by atoms with Crippen molar-refractivity contribution in [3.8, 4) is 0 Å². The van der Waals surface area contributed by atoms with E-state index in [1.165, 1.54) is 20.8 Å². The summed E-state index contributed by atoms with van der Waals surface area (Å²) >= 11 is 0. The van der Waals surface area contributed by atoms with Crippen LogP contribution in [0.15, 0.2) is 11.6 Å². The summed E-state index contributed by atoms with van der Waals surface area (Å²) in [6, 6.07) is 0. The van der Waals surface area contributed by atoms with Crippen LogP contribution in [0.1, 0.15) is 67.2 Å². The highest BCUT2D eigenvalue weighted by Crippen LogP contribution is 2.62. The fraction of sp³-hybridized carbons (Fsp3) is 0.769. The third kappa shape index (κ3) is 4.22. The van der Waals surface area contributed by atoms with Gasteiger partial charge in [0, 0.05) is 26.7 Å². The Morgan fingerprint density at radius 3 is 2.11 bits per heavy atom. The van der Waals surface area contributed by atoms with Gasteiger partial charge in [-0.3, -0.25) is 19.2 Å². The monoisotopic (exact) mass is 508 g/mol. The fourth-order valence-electron chi connectivity index (χ4n) is 6.76. The summed E-state index contributed by atoms with van der Waals surface area (Å²) in [5, 5.41) is 12.3. The summed E-state index contributed by atoms with van der Waals surface area (Å²) in [6.07, 6.45) is -0.416. The van der Waals surface area contributed by atoms with Gasteiger partial charge in [0.1, 0.15) is 18.3 Å². The van der Waals surface area contributed by atoms with Crippen LogP contribution in [-0.2, 0) is 42.9 Å². The average Bonchev–Trinajstić information content (AvgIpc) is 3.50. The Morgan fingerprint density at radius 1 is 1.03 bits per heavy atom. The molecule has 1 unspecified atom stereocenters. The van der Waals surface area contributed by atoms with E-state index in [1.54, 1.807) is 13.0 Å². The molecule has 0 aromatic carbocycles. The maximum Gasteiger partial charge on any atom is 0.312 e. The highest BCUT2D eigenvalue weighted by Gasteiger charge is 2.74. The summed E-state index contributed by atoms with van der Waals surface area (Å²) in [6.45, 7) is 9.38. The van der Waals surface area contributed by atoms with Crippen LogP contribution in [0.25, 0.3) is 0 Å². The number of carbonyl (C=O) groups excluding carboxylic acids is 4. The maximum atomic E-state index is 12.8. The van der Waals surface area contributed by atoms with Crippen molar-refractivity contribution in [3.63, 3.8) is 0 Å². The van der Waals surface area contributed by atoms with Crippen LogP contribution < -0.4 is 0 Å². The van der Waals surface area contributed by atoms with E-state index < -0.39 is 76.7 Å². The van der Waals surface area contributed by atoms with Crippen molar-refractivity contribution in [1.29, 1.82) is 0 Å². The molecule has 4 aliphatic rings. The van der Waals surface area contributed by atoms with E-state index in [2.05, 4.69) is 0 Å². The van der Waals surface area contributed by atoms with Gasteiger partial charge < -0.3 is 28.8 Å². The molecule has 1 N–H and O–H groups in total. The van der Waals surface area contributed by atoms with Crippen LogP contribution in [-0.4, -0.2) is 71.2 Å². The number of allylic oxidation sites excluding steroid dienone is 1. The molecule has 2 aliphatic heterocycles. The van der Waals surface area contributed by atoms with E-state index in [0.29, 0.717) is 32.3 Å². The summed E-state index contributed by atoms with van der Waals surface area (Å²) in [7, 11) is 0. The molecule has 2 aliphatic carbocycles. The first-order valence-electron chi connectivity index (χ1n) is 12.5. The van der Waals surface area contributed by atoms with E-state index in [-0.39, 0.29) is 0 Å². The number of fused-ring (bicyclic) bond motifs is 3. The van der Waals surface area contributed by atoms with Crippen molar-refractivity contribution in [2.75, 3.05) is 6.61 Å². The van der Waals surface area contributed by atoms with E-state index in [0.717, 1.165) is 5.57 Å². The topological polar surface area (TPSA) is 138 Å². The Labute approximate surface area is 210 Å². The Kier molecular flexibility index (Phi) is 6.75. The molecule has 10 heteroatoms. The van der Waals surface area contributed by atoms with Crippen LogP contribution >= 0.6 is 0 Å². The number of carbonyl (C=O) groups is 4. The summed E-state index contributed by atoms with van der Waals surface area (Å²) in [5.41, 5.74) is -3.09. The van der Waals surface area contributed by atoms with Gasteiger partial charge in [0.15, 0.2) is 11.7 Å². The zero-order valence-electron chi connectivity index (χ0n) is 21.7. The molecule has 2 saturated heterocycles. The lowest BCUT2D eigenvalue weighted by Crippen LogP contribution is -2.69. The standard InChI is InChI=1S/C26H36O10/c1-13-7-8-18(33-15(3)27)24(6)19(34-16(4)28)9-10-25(12-32-25)21(24)22(35-17(5)29)26(31)14(2)23(30)36-20(26)11-13/h11,14,18-22,31H,7-10,12H2,1-6H3/b13-11-/t14-,18-,19-,20-,21+,22?,24+,25-,26+/m0/s1. The highest BCUT2D eigenvalue weighted by molar-refractivity contribution is 5.77. The number of aliphatic hydroxyl groups is 1. The normalized spacial score (nSPS) is 45.3. The molecule has 0 aromatic rings. The van der Waals surface area contributed by atoms with Gasteiger partial charge >= 0.3 is 23.9 Å². The van der Waals surface area contributed by atoms with Crippen LogP contribution in [0.5, 0.6) is 0 Å². The largest absolute Gasteiger partial charge is 0.462 e. The van der Waals surface area contributed by atoms with Crippen LogP contribution in [0.4, 0.5) is 0 Å². The second kappa shape index (κ2) is 9.13. The lowest BCUT2D eigenvalue weighted by molar-refractivity contribution is -0.242. The lowest BCUT2D eigenvalue weighted by atomic mass is 9.52. The van der Waals surface area contributed by atoms with Crippen molar-refractivity contribution >= 4 is 23.9 Å². The molecule has 2 heterocycles. The zero-order chi connectivity index (χ0) is 26.6. The quantitative estimate of drug-likeness (QED) is 0.261. The molecule has 1 spiro atoms. The number of rotatable bonds is 3.